The molecule has 0 aliphatic carbocycles. The summed E-state index contributed by atoms with van der Waals surface area (Å²) in [4.78, 5) is 4.01. The molecule has 0 aromatic carbocycles. The van der Waals surface area contributed by atoms with Crippen LogP contribution in [0.2, 0.25) is 5.15 Å². The van der Waals surface area contributed by atoms with Gasteiger partial charge in [-0.15, -0.1) is 0 Å². The number of hydrogen-bond donors (Lipinski definition) is 1. The highest BCUT2D eigenvalue weighted by Crippen LogP contribution is 2.09. The molecule has 1 unspecified atom stereocenters. The van der Waals surface area contributed by atoms with Crippen molar-refractivity contribution in [2.75, 3.05) is 0 Å². The lowest BCUT2D eigenvalue weighted by Crippen LogP contribution is -2.06. The van der Waals surface area contributed by atoms with E-state index in [1.807, 2.05) is 19.1 Å². The lowest BCUT2D eigenvalue weighted by atomic mass is 10.2. The Morgan fingerprint density at radius 2 is 2.30 bits per heavy atom. The van der Waals surface area contributed by atoms with Crippen molar-refractivity contribution in [3.63, 3.8) is 0 Å². The van der Waals surface area contributed by atoms with Crippen LogP contribution in [0.25, 0.3) is 0 Å². The van der Waals surface area contributed by atoms with Gasteiger partial charge in [-0.25, -0.2) is 4.98 Å². The summed E-state index contributed by atoms with van der Waals surface area (Å²) in [5.74, 6) is 0. The molecule has 0 saturated carbocycles. The van der Waals surface area contributed by atoms with Crippen molar-refractivity contribution in [1.82, 2.24) is 4.98 Å². The first-order chi connectivity index (χ1) is 4.70. The van der Waals surface area contributed by atoms with E-state index in [9.17, 15) is 0 Å². The number of rotatable bonds is 1. The van der Waals surface area contributed by atoms with E-state index in [0.29, 0.717) is 5.15 Å². The molecular formula is C7H9ClN2. The predicted molar refractivity (Wildman–Crippen MR) is 41.8 cm³/mol. The molecule has 1 aromatic rings. The number of nitrogens with two attached hydrogens (primary N) is 1. The predicted octanol–water partition coefficient (Wildman–Crippen LogP) is 1.75. The molecule has 0 spiro atoms. The average Bonchev–Trinajstić information content (AvgIpc) is 1.88. The minimum absolute atomic E-state index is 0.0429. The fourth-order valence-electron chi connectivity index (χ4n) is 0.678. The van der Waals surface area contributed by atoms with E-state index in [1.165, 1.54) is 0 Å². The summed E-state index contributed by atoms with van der Waals surface area (Å²) < 4.78 is 0. The molecule has 0 bridgehead atoms. The van der Waals surface area contributed by atoms with Crippen LogP contribution >= 0.6 is 11.6 Å². The Morgan fingerprint density at radius 3 is 2.70 bits per heavy atom. The Hall–Kier alpha value is -0.600. The van der Waals surface area contributed by atoms with E-state index < -0.39 is 0 Å². The molecule has 0 aliphatic rings. The van der Waals surface area contributed by atoms with Crippen LogP contribution in [0.3, 0.4) is 0 Å². The first-order valence-corrected chi connectivity index (χ1v) is 3.46. The fourth-order valence-corrected chi connectivity index (χ4v) is 0.848. The van der Waals surface area contributed by atoms with E-state index in [-0.39, 0.29) is 6.04 Å². The summed E-state index contributed by atoms with van der Waals surface area (Å²) in [6.07, 6.45) is 0. The Labute approximate surface area is 65.0 Å². The van der Waals surface area contributed by atoms with Crippen LogP contribution in [0.5, 0.6) is 0 Å². The van der Waals surface area contributed by atoms with Crippen LogP contribution in [-0.2, 0) is 0 Å². The zero-order valence-electron chi connectivity index (χ0n) is 5.71. The third kappa shape index (κ3) is 1.69. The minimum atomic E-state index is -0.0429. The van der Waals surface area contributed by atoms with Crippen LogP contribution in [-0.4, -0.2) is 4.98 Å². The van der Waals surface area contributed by atoms with Gasteiger partial charge in [-0.05, 0) is 19.1 Å². The van der Waals surface area contributed by atoms with E-state index >= 15 is 0 Å². The standard InChI is InChI=1S/C7H9ClN2/c1-5(9)6-3-2-4-7(8)10-6/h2-5H,9H2,1H3. The molecule has 0 aliphatic heterocycles. The highest BCUT2D eigenvalue weighted by Gasteiger charge is 1.99. The second-order valence-corrected chi connectivity index (χ2v) is 2.56. The topological polar surface area (TPSA) is 38.9 Å². The van der Waals surface area contributed by atoms with Gasteiger partial charge in [0, 0.05) is 6.04 Å². The van der Waals surface area contributed by atoms with Gasteiger partial charge in [0.05, 0.1) is 5.69 Å². The summed E-state index contributed by atoms with van der Waals surface area (Å²) in [5.41, 5.74) is 6.39. The first-order valence-electron chi connectivity index (χ1n) is 3.08. The van der Waals surface area contributed by atoms with Gasteiger partial charge in [0.15, 0.2) is 0 Å². The van der Waals surface area contributed by atoms with Gasteiger partial charge in [-0.2, -0.15) is 0 Å². The summed E-state index contributed by atoms with van der Waals surface area (Å²) in [5, 5.41) is 0.495. The zero-order chi connectivity index (χ0) is 7.56. The number of hydrogen-bond acceptors (Lipinski definition) is 2. The molecule has 54 valence electrons. The Kier molecular flexibility index (Phi) is 2.25. The second kappa shape index (κ2) is 2.99. The highest BCUT2D eigenvalue weighted by molar-refractivity contribution is 6.29. The molecule has 3 heteroatoms. The zero-order valence-corrected chi connectivity index (χ0v) is 6.47. The summed E-state index contributed by atoms with van der Waals surface area (Å²) in [6.45, 7) is 1.87. The van der Waals surface area contributed by atoms with Crippen molar-refractivity contribution < 1.29 is 0 Å². The molecule has 2 N–H and O–H groups in total. The number of halogens is 1. The normalized spacial score (nSPS) is 13.1. The fraction of sp³-hybridized carbons (Fsp3) is 0.286. The quantitative estimate of drug-likeness (QED) is 0.630. The van der Waals surface area contributed by atoms with Crippen LogP contribution in [0.15, 0.2) is 18.2 Å². The van der Waals surface area contributed by atoms with Crippen molar-refractivity contribution in [3.8, 4) is 0 Å². The smallest absolute Gasteiger partial charge is 0.129 e. The van der Waals surface area contributed by atoms with Crippen molar-refractivity contribution >= 4 is 11.6 Å². The van der Waals surface area contributed by atoms with E-state index in [0.717, 1.165) is 5.69 Å². The number of aromatic nitrogens is 1. The Bertz CT molecular complexity index is 223. The van der Waals surface area contributed by atoms with Gasteiger partial charge < -0.3 is 5.73 Å². The third-order valence-corrected chi connectivity index (χ3v) is 1.41. The van der Waals surface area contributed by atoms with Crippen molar-refractivity contribution in [3.05, 3.63) is 29.0 Å². The van der Waals surface area contributed by atoms with Crippen LogP contribution in [0.4, 0.5) is 0 Å². The molecular weight excluding hydrogens is 148 g/mol. The molecule has 0 amide bonds. The van der Waals surface area contributed by atoms with Gasteiger partial charge in [0.1, 0.15) is 5.15 Å². The van der Waals surface area contributed by atoms with E-state index in [4.69, 9.17) is 17.3 Å². The summed E-state index contributed by atoms with van der Waals surface area (Å²) in [6, 6.07) is 5.39. The average molecular weight is 157 g/mol. The van der Waals surface area contributed by atoms with Gasteiger partial charge in [0.2, 0.25) is 0 Å². The van der Waals surface area contributed by atoms with E-state index in [1.54, 1.807) is 6.07 Å². The maximum atomic E-state index is 5.62. The molecule has 10 heavy (non-hydrogen) atoms. The summed E-state index contributed by atoms with van der Waals surface area (Å²) in [7, 11) is 0. The number of pyridine rings is 1. The second-order valence-electron chi connectivity index (χ2n) is 2.17. The maximum Gasteiger partial charge on any atom is 0.129 e. The first kappa shape index (κ1) is 7.51. The largest absolute Gasteiger partial charge is 0.323 e. The van der Waals surface area contributed by atoms with Gasteiger partial charge in [-0.1, -0.05) is 17.7 Å². The minimum Gasteiger partial charge on any atom is -0.323 e. The summed E-state index contributed by atoms with van der Waals surface area (Å²) >= 11 is 5.62. The SMILES string of the molecule is CC(N)c1cccc(Cl)n1. The van der Waals surface area contributed by atoms with E-state index in [2.05, 4.69) is 4.98 Å². The molecule has 0 radical (unpaired) electrons. The molecule has 0 fully saturated rings. The maximum absolute atomic E-state index is 5.62. The van der Waals surface area contributed by atoms with Crippen LogP contribution in [0.1, 0.15) is 18.7 Å². The van der Waals surface area contributed by atoms with Gasteiger partial charge in [-0.3, -0.25) is 0 Å². The highest BCUT2D eigenvalue weighted by atomic mass is 35.5. The number of nitrogens with zero attached hydrogens (tertiary/aromatic N) is 1. The molecule has 1 rings (SSSR count). The van der Waals surface area contributed by atoms with Crippen molar-refractivity contribution in [2.24, 2.45) is 5.73 Å². The molecule has 1 aromatic heterocycles. The van der Waals surface area contributed by atoms with Crippen LogP contribution in [0, 0.1) is 0 Å². The third-order valence-electron chi connectivity index (χ3n) is 1.20. The Balaban J connectivity index is 2.96. The van der Waals surface area contributed by atoms with Gasteiger partial charge in [0.25, 0.3) is 0 Å². The lowest BCUT2D eigenvalue weighted by Gasteiger charge is -2.02. The monoisotopic (exact) mass is 156 g/mol. The van der Waals surface area contributed by atoms with Gasteiger partial charge >= 0.3 is 0 Å². The van der Waals surface area contributed by atoms with Crippen LogP contribution < -0.4 is 5.73 Å². The molecule has 0 saturated heterocycles. The molecule has 2 nitrogen and oxygen atoms in total. The lowest BCUT2D eigenvalue weighted by molar-refractivity contribution is 0.781. The molecule has 1 heterocycles. The molecule has 1 atom stereocenters. The van der Waals surface area contributed by atoms with Crippen molar-refractivity contribution in [2.45, 2.75) is 13.0 Å². The Morgan fingerprint density at radius 1 is 1.60 bits per heavy atom. The van der Waals surface area contributed by atoms with Crippen molar-refractivity contribution in [1.29, 1.82) is 0 Å².